The van der Waals surface area contributed by atoms with Gasteiger partial charge in [-0.2, -0.15) is 0 Å². The Morgan fingerprint density at radius 2 is 1.90 bits per heavy atom. The van der Waals surface area contributed by atoms with Crippen LogP contribution in [0.1, 0.15) is 31.4 Å². The van der Waals surface area contributed by atoms with Crippen LogP contribution in [0.5, 0.6) is 17.2 Å². The number of phenols is 1. The maximum atomic E-state index is 14.3. The summed E-state index contributed by atoms with van der Waals surface area (Å²) in [5, 5.41) is 15.0. The number of benzene rings is 3. The second-order valence-electron chi connectivity index (χ2n) is 8.78. The molecule has 11 heteroatoms. The van der Waals surface area contributed by atoms with Crippen molar-refractivity contribution in [2.75, 3.05) is 29.8 Å². The van der Waals surface area contributed by atoms with Gasteiger partial charge in [0.1, 0.15) is 0 Å². The summed E-state index contributed by atoms with van der Waals surface area (Å²) >= 11 is 0. The zero-order valence-corrected chi connectivity index (χ0v) is 21.8. The van der Waals surface area contributed by atoms with Crippen LogP contribution in [-0.2, 0) is 14.3 Å². The first kappa shape index (κ1) is 28.2. The van der Waals surface area contributed by atoms with Crippen molar-refractivity contribution in [3.05, 3.63) is 84.2 Å². The van der Waals surface area contributed by atoms with Gasteiger partial charge in [0, 0.05) is 18.4 Å². The number of aromatic hydroxyl groups is 1. The maximum absolute atomic E-state index is 14.3. The zero-order valence-electron chi connectivity index (χ0n) is 21.8. The second-order valence-corrected chi connectivity index (χ2v) is 8.78. The van der Waals surface area contributed by atoms with Crippen molar-refractivity contribution >= 4 is 29.1 Å². The average Bonchev–Trinajstić information content (AvgIpc) is 3.40. The summed E-state index contributed by atoms with van der Waals surface area (Å²) in [6.07, 6.45) is 1.20. The molecule has 2 amide bonds. The number of nitrogen functional groups attached to an aromatic ring is 1. The lowest BCUT2D eigenvalue weighted by atomic mass is 9.99. The molecule has 3 aromatic carbocycles. The number of carbonyl (C=O) groups excluding carboxylic acids is 2. The van der Waals surface area contributed by atoms with Crippen LogP contribution in [0.15, 0.2) is 72.8 Å². The normalized spacial score (nSPS) is 13.6. The highest BCUT2D eigenvalue weighted by atomic mass is 19.1. The lowest BCUT2D eigenvalue weighted by Crippen LogP contribution is -2.29. The molecule has 1 aliphatic rings. The first-order valence-electron chi connectivity index (χ1n) is 12.6. The lowest BCUT2D eigenvalue weighted by molar-refractivity contribution is -0.111. The van der Waals surface area contributed by atoms with Crippen molar-refractivity contribution in [2.45, 2.75) is 32.0 Å². The minimum absolute atomic E-state index is 0.0875. The quantitative estimate of drug-likeness (QED) is 0.181. The van der Waals surface area contributed by atoms with E-state index in [1.54, 1.807) is 55.5 Å². The van der Waals surface area contributed by atoms with Gasteiger partial charge in [-0.25, -0.2) is 9.18 Å². The third-order valence-electron chi connectivity index (χ3n) is 5.98. The molecule has 0 unspecified atom stereocenters. The van der Waals surface area contributed by atoms with Gasteiger partial charge in [0.2, 0.25) is 12.7 Å². The molecule has 0 spiro atoms. The minimum Gasteiger partial charge on any atom is -0.505 e. The standard InChI is InChI=1S/C29H30FN3O7/c1-2-37-25(9-5-6-10-27(35)33-22-8-4-3-7-21(22)31)28(18-11-13-23(34)20(30)15-18)40-29(36)32-19-12-14-24-26(16-19)39-17-38-24/h3-4,6-8,10-16,25,28,34H,2,5,9,17,31H2,1H3,(H,32,36)(H,33,35)/b10-6+/t25-,28-/m0/s1. The summed E-state index contributed by atoms with van der Waals surface area (Å²) in [6.45, 7) is 2.15. The number of rotatable bonds is 11. The molecule has 0 aromatic heterocycles. The number of nitrogens with one attached hydrogen (secondary N) is 2. The first-order chi connectivity index (χ1) is 19.3. The number of hydrogen-bond donors (Lipinski definition) is 4. The van der Waals surface area contributed by atoms with Crippen LogP contribution >= 0.6 is 0 Å². The number of amides is 2. The van der Waals surface area contributed by atoms with Gasteiger partial charge in [-0.15, -0.1) is 0 Å². The molecule has 40 heavy (non-hydrogen) atoms. The number of para-hydroxylation sites is 2. The highest BCUT2D eigenvalue weighted by molar-refractivity contribution is 6.01. The highest BCUT2D eigenvalue weighted by Gasteiger charge is 2.28. The Balaban J connectivity index is 1.45. The number of allylic oxidation sites excluding steroid dienone is 1. The van der Waals surface area contributed by atoms with E-state index in [2.05, 4.69) is 10.6 Å². The summed E-state index contributed by atoms with van der Waals surface area (Å²) in [4.78, 5) is 25.2. The molecule has 0 radical (unpaired) electrons. The van der Waals surface area contributed by atoms with Gasteiger partial charge in [-0.3, -0.25) is 10.1 Å². The molecule has 0 saturated heterocycles. The molecule has 5 N–H and O–H groups in total. The Morgan fingerprint density at radius 1 is 1.10 bits per heavy atom. The van der Waals surface area contributed by atoms with Gasteiger partial charge in [0.25, 0.3) is 0 Å². The van der Waals surface area contributed by atoms with Gasteiger partial charge in [-0.1, -0.05) is 24.3 Å². The second kappa shape index (κ2) is 13.3. The third kappa shape index (κ3) is 7.41. The van der Waals surface area contributed by atoms with Crippen molar-refractivity contribution in [1.29, 1.82) is 0 Å². The molecule has 1 aliphatic heterocycles. The van der Waals surface area contributed by atoms with E-state index in [0.717, 1.165) is 6.07 Å². The molecule has 0 bridgehead atoms. The average molecular weight is 552 g/mol. The van der Waals surface area contributed by atoms with E-state index < -0.39 is 29.9 Å². The summed E-state index contributed by atoms with van der Waals surface area (Å²) < 4.78 is 36.5. The summed E-state index contributed by atoms with van der Waals surface area (Å²) in [7, 11) is 0. The molecule has 10 nitrogen and oxygen atoms in total. The molecule has 0 aliphatic carbocycles. The van der Waals surface area contributed by atoms with Crippen molar-refractivity contribution in [2.24, 2.45) is 0 Å². The molecule has 3 aromatic rings. The third-order valence-corrected chi connectivity index (χ3v) is 5.98. The predicted molar refractivity (Wildman–Crippen MR) is 147 cm³/mol. The number of carbonyl (C=O) groups is 2. The van der Waals surface area contributed by atoms with Crippen LogP contribution in [0.25, 0.3) is 0 Å². The number of nitrogens with two attached hydrogens (primary N) is 1. The highest BCUT2D eigenvalue weighted by Crippen LogP contribution is 2.35. The number of phenolic OH excluding ortho intramolecular Hbond substituents is 1. The minimum atomic E-state index is -1.03. The Kier molecular flexibility index (Phi) is 9.42. The van der Waals surface area contributed by atoms with Crippen LogP contribution in [0, 0.1) is 5.82 Å². The smallest absolute Gasteiger partial charge is 0.412 e. The van der Waals surface area contributed by atoms with E-state index in [4.69, 9.17) is 24.7 Å². The fourth-order valence-electron chi connectivity index (χ4n) is 4.07. The van der Waals surface area contributed by atoms with Crippen LogP contribution in [0.3, 0.4) is 0 Å². The van der Waals surface area contributed by atoms with E-state index in [0.29, 0.717) is 41.4 Å². The van der Waals surface area contributed by atoms with Gasteiger partial charge in [-0.05, 0) is 67.8 Å². The van der Waals surface area contributed by atoms with Crippen LogP contribution in [-0.4, -0.2) is 36.6 Å². The van der Waals surface area contributed by atoms with Gasteiger partial charge in [0.05, 0.1) is 17.5 Å². The largest absolute Gasteiger partial charge is 0.505 e. The number of ether oxygens (including phenoxy) is 4. The zero-order chi connectivity index (χ0) is 28.5. The van der Waals surface area contributed by atoms with Crippen molar-refractivity contribution in [3.63, 3.8) is 0 Å². The Morgan fingerprint density at radius 3 is 2.67 bits per heavy atom. The summed E-state index contributed by atoms with van der Waals surface area (Å²) in [6, 6.07) is 15.5. The van der Waals surface area contributed by atoms with E-state index in [1.165, 1.54) is 18.2 Å². The summed E-state index contributed by atoms with van der Waals surface area (Å²) in [5.41, 5.74) is 7.50. The van der Waals surface area contributed by atoms with Crippen LogP contribution in [0.2, 0.25) is 0 Å². The fourth-order valence-corrected chi connectivity index (χ4v) is 4.07. The van der Waals surface area contributed by atoms with Gasteiger partial charge < -0.3 is 35.1 Å². The molecule has 0 fully saturated rings. The van der Waals surface area contributed by atoms with E-state index >= 15 is 0 Å². The monoisotopic (exact) mass is 551 g/mol. The molecule has 0 saturated carbocycles. The predicted octanol–water partition coefficient (Wildman–Crippen LogP) is 5.51. The molecular weight excluding hydrogens is 521 g/mol. The number of hydrogen-bond acceptors (Lipinski definition) is 8. The van der Waals surface area contributed by atoms with Crippen LogP contribution in [0.4, 0.5) is 26.2 Å². The molecule has 2 atom stereocenters. The fraction of sp³-hybridized carbons (Fsp3) is 0.241. The van der Waals surface area contributed by atoms with E-state index in [1.807, 2.05) is 0 Å². The molecule has 1 heterocycles. The number of fused-ring (bicyclic) bond motifs is 1. The number of halogens is 1. The molecule has 210 valence electrons. The van der Waals surface area contributed by atoms with Crippen molar-refractivity contribution in [1.82, 2.24) is 0 Å². The Hall–Kier alpha value is -4.77. The SMILES string of the molecule is CCO[C@@H](CC/C=C/C(=O)Nc1ccccc1N)[C@@H](OC(=O)Nc1ccc2c(c1)OCO2)c1ccc(O)c(F)c1. The van der Waals surface area contributed by atoms with E-state index in [9.17, 15) is 19.1 Å². The maximum Gasteiger partial charge on any atom is 0.412 e. The lowest BCUT2D eigenvalue weighted by Gasteiger charge is -2.27. The topological polar surface area (TPSA) is 141 Å². The number of anilines is 3. The van der Waals surface area contributed by atoms with Crippen molar-refractivity contribution in [3.8, 4) is 17.2 Å². The van der Waals surface area contributed by atoms with Crippen LogP contribution < -0.4 is 25.8 Å². The van der Waals surface area contributed by atoms with Crippen molar-refractivity contribution < 1.29 is 38.0 Å². The van der Waals surface area contributed by atoms with Gasteiger partial charge >= 0.3 is 6.09 Å². The van der Waals surface area contributed by atoms with Gasteiger partial charge in [0.15, 0.2) is 29.2 Å². The Labute approximate surface area is 230 Å². The van der Waals surface area contributed by atoms with E-state index in [-0.39, 0.29) is 24.9 Å². The summed E-state index contributed by atoms with van der Waals surface area (Å²) in [5.74, 6) is -0.723. The Bertz CT molecular complexity index is 1380. The molecule has 4 rings (SSSR count). The molecular formula is C29H30FN3O7. The first-order valence-corrected chi connectivity index (χ1v) is 12.6.